The molecule has 0 atom stereocenters. The zero-order chi connectivity index (χ0) is 21.8. The Morgan fingerprint density at radius 3 is 2.57 bits per heavy atom. The van der Waals surface area contributed by atoms with Crippen molar-refractivity contribution in [2.45, 2.75) is 20.8 Å². The number of rotatable bonds is 6. The highest BCUT2D eigenvalue weighted by atomic mass is 35.5. The van der Waals surface area contributed by atoms with E-state index < -0.39 is 4.92 Å². The van der Waals surface area contributed by atoms with E-state index in [1.165, 1.54) is 29.0 Å². The Morgan fingerprint density at radius 2 is 1.93 bits per heavy atom. The van der Waals surface area contributed by atoms with Crippen molar-refractivity contribution in [1.82, 2.24) is 4.68 Å². The van der Waals surface area contributed by atoms with Gasteiger partial charge in [-0.3, -0.25) is 15.1 Å². The number of aromatic nitrogens is 1. The van der Waals surface area contributed by atoms with Crippen LogP contribution in [0.4, 0.5) is 5.69 Å². The maximum Gasteiger partial charge on any atom is 0.288 e. The van der Waals surface area contributed by atoms with Crippen molar-refractivity contribution < 1.29 is 4.92 Å². The molecule has 0 aliphatic carbocycles. The van der Waals surface area contributed by atoms with Crippen LogP contribution in [-0.2, 0) is 0 Å². The van der Waals surface area contributed by atoms with Crippen molar-refractivity contribution in [2.75, 3.05) is 6.54 Å². The van der Waals surface area contributed by atoms with Gasteiger partial charge in [-0.1, -0.05) is 59.6 Å². The molecule has 0 bridgehead atoms. The molecule has 0 N–H and O–H groups in total. The molecule has 2 aromatic carbocycles. The van der Waals surface area contributed by atoms with Gasteiger partial charge < -0.3 is 0 Å². The van der Waals surface area contributed by atoms with Gasteiger partial charge in [0.05, 0.1) is 22.9 Å². The summed E-state index contributed by atoms with van der Waals surface area (Å²) in [7, 11) is 0. The molecule has 30 heavy (non-hydrogen) atoms. The average molecular weight is 441 g/mol. The summed E-state index contributed by atoms with van der Waals surface area (Å²) < 4.78 is 1.77. The number of nitro benzene ring substituents is 1. The summed E-state index contributed by atoms with van der Waals surface area (Å²) in [5.41, 5.74) is 5.09. The van der Waals surface area contributed by atoms with E-state index in [0.29, 0.717) is 17.8 Å². The van der Waals surface area contributed by atoms with Crippen LogP contribution in [0.15, 0.2) is 70.1 Å². The highest BCUT2D eigenvalue weighted by Gasteiger charge is 2.15. The number of hydrogen-bond acceptors (Lipinski definition) is 5. The third-order valence-corrected chi connectivity index (χ3v) is 5.50. The topological polar surface area (TPSA) is 72.8 Å². The second-order valence-electron chi connectivity index (χ2n) is 6.96. The molecule has 0 fully saturated rings. The molecular formula is C22H21ClN4O2S. The van der Waals surface area contributed by atoms with Crippen LogP contribution in [0.5, 0.6) is 0 Å². The summed E-state index contributed by atoms with van der Waals surface area (Å²) in [5.74, 6) is 0. The molecule has 3 aromatic rings. The summed E-state index contributed by atoms with van der Waals surface area (Å²) in [6.45, 7) is 10.2. The van der Waals surface area contributed by atoms with Gasteiger partial charge in [-0.2, -0.15) is 5.10 Å². The second kappa shape index (κ2) is 9.19. The number of benzene rings is 2. The van der Waals surface area contributed by atoms with Gasteiger partial charge in [0, 0.05) is 22.6 Å². The first-order valence-corrected chi connectivity index (χ1v) is 10.4. The molecule has 0 saturated carbocycles. The van der Waals surface area contributed by atoms with Gasteiger partial charge >= 0.3 is 0 Å². The molecule has 8 heteroatoms. The number of halogens is 1. The first-order valence-electron chi connectivity index (χ1n) is 9.18. The lowest BCUT2D eigenvalue weighted by atomic mass is 10.1. The van der Waals surface area contributed by atoms with Crippen LogP contribution in [0.1, 0.15) is 25.0 Å². The van der Waals surface area contributed by atoms with Crippen molar-refractivity contribution in [3.63, 3.8) is 0 Å². The van der Waals surface area contributed by atoms with E-state index >= 15 is 0 Å². The molecule has 1 heterocycles. The normalized spacial score (nSPS) is 12.3. The standard InChI is InChI=1S/C22H21ClN4O2S/c1-14(2)12-24-22-26(21(13-30-22)17-7-5-15(3)6-8-17)25-16(4)18-9-10-19(23)20(11-18)27(28)29/h5-11,13H,1,12H2,2-4H3. The molecule has 0 amide bonds. The SMILES string of the molecule is C=C(C)CN=c1scc(-c2ccc(C)cc2)n1N=C(C)c1ccc(Cl)c([N+](=O)[O-])c1. The molecule has 6 nitrogen and oxygen atoms in total. The van der Waals surface area contributed by atoms with Gasteiger partial charge in [0.1, 0.15) is 5.02 Å². The van der Waals surface area contributed by atoms with Gasteiger partial charge in [0.2, 0.25) is 4.80 Å². The lowest BCUT2D eigenvalue weighted by molar-refractivity contribution is -0.384. The Bertz CT molecular complexity index is 1210. The molecule has 0 aliphatic heterocycles. The van der Waals surface area contributed by atoms with Gasteiger partial charge in [0.25, 0.3) is 5.69 Å². The molecule has 1 aromatic heterocycles. The maximum absolute atomic E-state index is 11.2. The summed E-state index contributed by atoms with van der Waals surface area (Å²) in [6, 6.07) is 12.8. The van der Waals surface area contributed by atoms with E-state index in [-0.39, 0.29) is 10.7 Å². The van der Waals surface area contributed by atoms with E-state index in [1.54, 1.807) is 17.7 Å². The molecular weight excluding hydrogens is 420 g/mol. The molecule has 3 rings (SSSR count). The van der Waals surface area contributed by atoms with Crippen LogP contribution in [-0.4, -0.2) is 21.9 Å². The van der Waals surface area contributed by atoms with E-state index in [1.807, 2.05) is 43.5 Å². The third kappa shape index (κ3) is 4.93. The van der Waals surface area contributed by atoms with Crippen molar-refractivity contribution in [3.8, 4) is 11.3 Å². The molecule has 0 unspecified atom stereocenters. The second-order valence-corrected chi connectivity index (χ2v) is 8.21. The fourth-order valence-corrected chi connectivity index (χ4v) is 3.73. The number of hydrogen-bond donors (Lipinski definition) is 0. The minimum atomic E-state index is -0.498. The zero-order valence-electron chi connectivity index (χ0n) is 16.9. The molecule has 154 valence electrons. The first-order chi connectivity index (χ1) is 14.3. The highest BCUT2D eigenvalue weighted by molar-refractivity contribution is 7.07. The minimum absolute atomic E-state index is 0.0947. The minimum Gasteiger partial charge on any atom is -0.258 e. The highest BCUT2D eigenvalue weighted by Crippen LogP contribution is 2.26. The van der Waals surface area contributed by atoms with Gasteiger partial charge in [-0.15, -0.1) is 11.3 Å². The number of aryl methyl sites for hydroxylation is 1. The lowest BCUT2D eigenvalue weighted by Gasteiger charge is -2.07. The summed E-state index contributed by atoms with van der Waals surface area (Å²) in [4.78, 5) is 16.1. The summed E-state index contributed by atoms with van der Waals surface area (Å²) in [5, 5.41) is 18.1. The van der Waals surface area contributed by atoms with E-state index in [0.717, 1.165) is 21.6 Å². The van der Waals surface area contributed by atoms with Crippen LogP contribution in [0.2, 0.25) is 5.02 Å². The fraction of sp³-hybridized carbons (Fsp3) is 0.182. The van der Waals surface area contributed by atoms with Crippen LogP contribution >= 0.6 is 22.9 Å². The summed E-state index contributed by atoms with van der Waals surface area (Å²) >= 11 is 7.43. The van der Waals surface area contributed by atoms with Crippen molar-refractivity contribution in [1.29, 1.82) is 0 Å². The third-order valence-electron chi connectivity index (χ3n) is 4.33. The quantitative estimate of drug-likeness (QED) is 0.209. The largest absolute Gasteiger partial charge is 0.288 e. The predicted molar refractivity (Wildman–Crippen MR) is 123 cm³/mol. The predicted octanol–water partition coefficient (Wildman–Crippen LogP) is 5.84. The van der Waals surface area contributed by atoms with E-state index in [2.05, 4.69) is 11.6 Å². The summed E-state index contributed by atoms with van der Waals surface area (Å²) in [6.07, 6.45) is 0. The van der Waals surface area contributed by atoms with Gasteiger partial charge in [-0.05, 0) is 26.8 Å². The van der Waals surface area contributed by atoms with Crippen LogP contribution in [0.25, 0.3) is 11.3 Å². The Balaban J connectivity index is 2.15. The molecule has 0 spiro atoms. The Labute approximate surface area is 183 Å². The number of nitro groups is 1. The number of thiazole rings is 1. The smallest absolute Gasteiger partial charge is 0.258 e. The van der Waals surface area contributed by atoms with Crippen molar-refractivity contribution in [2.24, 2.45) is 10.1 Å². The molecule has 0 aliphatic rings. The average Bonchev–Trinajstić information content (AvgIpc) is 3.09. The number of nitrogens with zero attached hydrogens (tertiary/aromatic N) is 4. The Kier molecular flexibility index (Phi) is 6.64. The van der Waals surface area contributed by atoms with Crippen LogP contribution < -0.4 is 4.80 Å². The zero-order valence-corrected chi connectivity index (χ0v) is 18.5. The van der Waals surface area contributed by atoms with Gasteiger partial charge in [0.15, 0.2) is 0 Å². The lowest BCUT2D eigenvalue weighted by Crippen LogP contribution is -2.15. The fourth-order valence-electron chi connectivity index (χ4n) is 2.71. The molecule has 0 saturated heterocycles. The Morgan fingerprint density at radius 1 is 1.23 bits per heavy atom. The maximum atomic E-state index is 11.2. The monoisotopic (exact) mass is 440 g/mol. The van der Waals surface area contributed by atoms with E-state index in [4.69, 9.17) is 16.7 Å². The van der Waals surface area contributed by atoms with Crippen molar-refractivity contribution in [3.05, 3.63) is 91.1 Å². The van der Waals surface area contributed by atoms with E-state index in [9.17, 15) is 10.1 Å². The van der Waals surface area contributed by atoms with Crippen LogP contribution in [0, 0.1) is 17.0 Å². The van der Waals surface area contributed by atoms with Gasteiger partial charge in [-0.25, -0.2) is 4.68 Å². The van der Waals surface area contributed by atoms with Crippen LogP contribution in [0.3, 0.4) is 0 Å². The first kappa shape index (κ1) is 21.7. The Hall–Kier alpha value is -3.03. The molecule has 0 radical (unpaired) electrons. The van der Waals surface area contributed by atoms with Crippen molar-refractivity contribution >= 4 is 34.3 Å².